The lowest BCUT2D eigenvalue weighted by atomic mass is 10.0. The molecule has 0 aliphatic carbocycles. The molecule has 1 atom stereocenters. The van der Waals surface area contributed by atoms with E-state index >= 15 is 0 Å². The zero-order chi connectivity index (χ0) is 11.7. The third-order valence-electron chi connectivity index (χ3n) is 2.46. The van der Waals surface area contributed by atoms with Gasteiger partial charge in [0.1, 0.15) is 11.9 Å². The van der Waals surface area contributed by atoms with Crippen LogP contribution in [0, 0.1) is 0 Å². The highest BCUT2D eigenvalue weighted by Gasteiger charge is 2.16. The van der Waals surface area contributed by atoms with E-state index in [1.54, 1.807) is 0 Å². The highest BCUT2D eigenvalue weighted by molar-refractivity contribution is 5.88. The standard InChI is InChI=1S/C12H22O3/c1-4-5-6-7-8-11(14)9-12(15-3)10(2)13/h12H,4-9H2,1-3H3. The zero-order valence-electron chi connectivity index (χ0n) is 10.0. The maximum atomic E-state index is 11.4. The van der Waals surface area contributed by atoms with E-state index in [-0.39, 0.29) is 18.0 Å². The van der Waals surface area contributed by atoms with E-state index in [0.29, 0.717) is 6.42 Å². The summed E-state index contributed by atoms with van der Waals surface area (Å²) in [6, 6.07) is 0. The van der Waals surface area contributed by atoms with Gasteiger partial charge in [0.25, 0.3) is 0 Å². The Kier molecular flexibility index (Phi) is 8.19. The average Bonchev–Trinajstić information content (AvgIpc) is 2.20. The van der Waals surface area contributed by atoms with Crippen LogP contribution in [0.1, 0.15) is 52.4 Å². The van der Waals surface area contributed by atoms with Gasteiger partial charge in [0.2, 0.25) is 0 Å². The summed E-state index contributed by atoms with van der Waals surface area (Å²) in [5, 5.41) is 0. The van der Waals surface area contributed by atoms with Crippen LogP contribution in [0.5, 0.6) is 0 Å². The van der Waals surface area contributed by atoms with Crippen molar-refractivity contribution >= 4 is 11.6 Å². The van der Waals surface area contributed by atoms with E-state index < -0.39 is 6.10 Å². The molecule has 0 fully saturated rings. The van der Waals surface area contributed by atoms with E-state index in [0.717, 1.165) is 12.8 Å². The SMILES string of the molecule is CCCCCCC(=O)CC(OC)C(C)=O. The number of hydrogen-bond acceptors (Lipinski definition) is 3. The van der Waals surface area contributed by atoms with Gasteiger partial charge in [-0.3, -0.25) is 9.59 Å². The third kappa shape index (κ3) is 7.25. The summed E-state index contributed by atoms with van der Waals surface area (Å²) < 4.78 is 4.94. The van der Waals surface area contributed by atoms with Gasteiger partial charge in [0.15, 0.2) is 5.78 Å². The van der Waals surface area contributed by atoms with Gasteiger partial charge in [-0.15, -0.1) is 0 Å². The first kappa shape index (κ1) is 14.3. The predicted octanol–water partition coefficient (Wildman–Crippen LogP) is 2.52. The van der Waals surface area contributed by atoms with Crippen molar-refractivity contribution in [3.05, 3.63) is 0 Å². The number of methoxy groups -OCH3 is 1. The second-order valence-electron chi connectivity index (χ2n) is 3.89. The fourth-order valence-electron chi connectivity index (χ4n) is 1.45. The van der Waals surface area contributed by atoms with Gasteiger partial charge in [0, 0.05) is 20.0 Å². The summed E-state index contributed by atoms with van der Waals surface area (Å²) in [6.45, 7) is 3.59. The number of unbranched alkanes of at least 4 members (excludes halogenated alkanes) is 3. The average molecular weight is 214 g/mol. The van der Waals surface area contributed by atoms with E-state index in [1.165, 1.54) is 26.9 Å². The van der Waals surface area contributed by atoms with Crippen molar-refractivity contribution in [2.75, 3.05) is 7.11 Å². The number of ketones is 2. The number of ether oxygens (including phenoxy) is 1. The molecule has 0 aromatic carbocycles. The molecule has 0 saturated heterocycles. The fourth-order valence-corrected chi connectivity index (χ4v) is 1.45. The maximum absolute atomic E-state index is 11.4. The maximum Gasteiger partial charge on any atom is 0.158 e. The highest BCUT2D eigenvalue weighted by atomic mass is 16.5. The van der Waals surface area contributed by atoms with Crippen molar-refractivity contribution in [1.29, 1.82) is 0 Å². The van der Waals surface area contributed by atoms with Gasteiger partial charge in [-0.2, -0.15) is 0 Å². The van der Waals surface area contributed by atoms with Crippen molar-refractivity contribution in [1.82, 2.24) is 0 Å². The first-order valence-corrected chi connectivity index (χ1v) is 5.66. The predicted molar refractivity (Wildman–Crippen MR) is 59.9 cm³/mol. The van der Waals surface area contributed by atoms with Crippen LogP contribution < -0.4 is 0 Å². The number of Topliss-reactive ketones (excluding diaryl/α,β-unsaturated/α-hetero) is 2. The zero-order valence-corrected chi connectivity index (χ0v) is 10.0. The Labute approximate surface area is 92.2 Å². The summed E-state index contributed by atoms with van der Waals surface area (Å²) in [5.74, 6) is 0.0626. The molecule has 0 heterocycles. The Hall–Kier alpha value is -0.700. The van der Waals surface area contributed by atoms with Crippen molar-refractivity contribution in [3.8, 4) is 0 Å². The first-order valence-electron chi connectivity index (χ1n) is 5.66. The molecule has 0 spiro atoms. The van der Waals surface area contributed by atoms with E-state index in [1.807, 2.05) is 0 Å². The first-order chi connectivity index (χ1) is 7.11. The second-order valence-corrected chi connectivity index (χ2v) is 3.89. The van der Waals surface area contributed by atoms with Gasteiger partial charge in [-0.25, -0.2) is 0 Å². The fraction of sp³-hybridized carbons (Fsp3) is 0.833. The van der Waals surface area contributed by atoms with Gasteiger partial charge in [0.05, 0.1) is 0 Å². The Morgan fingerprint density at radius 1 is 1.20 bits per heavy atom. The molecule has 0 aromatic heterocycles. The van der Waals surface area contributed by atoms with Crippen molar-refractivity contribution in [2.24, 2.45) is 0 Å². The Bertz CT molecular complexity index is 199. The molecular weight excluding hydrogens is 192 g/mol. The molecular formula is C12H22O3. The van der Waals surface area contributed by atoms with Crippen molar-refractivity contribution in [3.63, 3.8) is 0 Å². The molecule has 0 rings (SSSR count). The minimum absolute atomic E-state index is 0.0700. The van der Waals surface area contributed by atoms with Crippen LogP contribution in [0.3, 0.4) is 0 Å². The number of hydrogen-bond donors (Lipinski definition) is 0. The van der Waals surface area contributed by atoms with E-state index in [9.17, 15) is 9.59 Å². The monoisotopic (exact) mass is 214 g/mol. The molecule has 1 unspecified atom stereocenters. The lowest BCUT2D eigenvalue weighted by Gasteiger charge is -2.10. The van der Waals surface area contributed by atoms with Gasteiger partial charge >= 0.3 is 0 Å². The van der Waals surface area contributed by atoms with Gasteiger partial charge in [-0.05, 0) is 13.3 Å². The lowest BCUT2D eigenvalue weighted by Crippen LogP contribution is -2.23. The van der Waals surface area contributed by atoms with Crippen LogP contribution in [0.2, 0.25) is 0 Å². The van der Waals surface area contributed by atoms with Gasteiger partial charge in [-0.1, -0.05) is 26.2 Å². The summed E-state index contributed by atoms with van der Waals surface area (Å²) in [5.41, 5.74) is 0. The Morgan fingerprint density at radius 2 is 1.87 bits per heavy atom. The van der Waals surface area contributed by atoms with E-state index in [2.05, 4.69) is 6.92 Å². The van der Waals surface area contributed by atoms with Crippen LogP contribution in [0.4, 0.5) is 0 Å². The lowest BCUT2D eigenvalue weighted by molar-refractivity contribution is -0.132. The topological polar surface area (TPSA) is 43.4 Å². The van der Waals surface area contributed by atoms with Crippen LogP contribution >= 0.6 is 0 Å². The molecule has 0 amide bonds. The van der Waals surface area contributed by atoms with Crippen LogP contribution in [0.25, 0.3) is 0 Å². The summed E-state index contributed by atoms with van der Waals surface area (Å²) in [6.07, 6.45) is 4.64. The van der Waals surface area contributed by atoms with Crippen molar-refractivity contribution < 1.29 is 14.3 Å². The van der Waals surface area contributed by atoms with Crippen LogP contribution in [-0.2, 0) is 14.3 Å². The molecule has 0 aliphatic heterocycles. The van der Waals surface area contributed by atoms with Crippen LogP contribution in [0.15, 0.2) is 0 Å². The normalized spacial score (nSPS) is 12.5. The molecule has 3 heteroatoms. The molecule has 0 aliphatic rings. The number of carbonyl (C=O) groups excluding carboxylic acids is 2. The summed E-state index contributed by atoms with van der Waals surface area (Å²) in [4.78, 5) is 22.5. The van der Waals surface area contributed by atoms with Crippen LogP contribution in [-0.4, -0.2) is 24.8 Å². The molecule has 3 nitrogen and oxygen atoms in total. The summed E-state index contributed by atoms with van der Waals surface area (Å²) in [7, 11) is 1.47. The molecule has 88 valence electrons. The molecule has 0 bridgehead atoms. The summed E-state index contributed by atoms with van der Waals surface area (Å²) >= 11 is 0. The van der Waals surface area contributed by atoms with E-state index in [4.69, 9.17) is 4.74 Å². The second kappa shape index (κ2) is 8.60. The molecule has 0 radical (unpaired) electrons. The number of carbonyl (C=O) groups is 2. The molecule has 0 aromatic rings. The largest absolute Gasteiger partial charge is 0.373 e. The molecule has 15 heavy (non-hydrogen) atoms. The Morgan fingerprint density at radius 3 is 2.33 bits per heavy atom. The number of rotatable bonds is 9. The molecule has 0 saturated carbocycles. The minimum atomic E-state index is -0.538. The smallest absolute Gasteiger partial charge is 0.158 e. The highest BCUT2D eigenvalue weighted by Crippen LogP contribution is 2.07. The minimum Gasteiger partial charge on any atom is -0.373 e. The quantitative estimate of drug-likeness (QED) is 0.554. The van der Waals surface area contributed by atoms with Gasteiger partial charge < -0.3 is 4.74 Å². The Balaban J connectivity index is 3.67. The molecule has 0 N–H and O–H groups in total. The van der Waals surface area contributed by atoms with Crippen molar-refractivity contribution in [2.45, 2.75) is 58.5 Å². The third-order valence-corrected chi connectivity index (χ3v) is 2.46.